The Kier molecular flexibility index (Phi) is 46.8. The highest BCUT2D eigenvalue weighted by Crippen LogP contribution is 2.26. The number of rotatable bonds is 47. The first kappa shape index (κ1) is 69.1. The Morgan fingerprint density at radius 1 is 0.547 bits per heavy atom. The van der Waals surface area contributed by atoms with E-state index in [0.29, 0.717) is 12.8 Å². The Bertz CT molecular complexity index is 1680. The zero-order valence-corrected chi connectivity index (χ0v) is 46.9. The highest BCUT2D eigenvalue weighted by molar-refractivity contribution is 5.80. The van der Waals surface area contributed by atoms with E-state index in [1.165, 1.54) is 64.2 Å². The zero-order valence-electron chi connectivity index (χ0n) is 46.9. The standard InChI is InChI=1S/C64H105NO10/c1-4-7-10-13-16-19-22-24-26-28-30-31-33-36-39-42-45-48-51-57(68)63(72)65-55(56(67)50-47-44-41-38-35-21-18-15-12-9-6-3)54-73-64-62(61(71)60(70)58(53-66)74-64)75-59(69)52-49-46-43-40-37-34-32-29-27-25-23-20-17-14-11-8-5-2/h8,11,14,16-17,19-20,23-27,29-32,34,37,47,50,55-58,60-62,64,66-68,70-71H,4-7,9-10,12-13,15,18,21-22,28,33,35-36,38-46,48-49,51-54H2,1-3H3,(H,65,72)/b11-8-,17-14+,19-16-,23-20+,26-24-,27-25-,31-30-,32-29+,37-34+,50-47+. The number of carbonyl (C=O) groups is 2. The van der Waals surface area contributed by atoms with Crippen LogP contribution in [0.1, 0.15) is 207 Å². The third kappa shape index (κ3) is 39.1. The normalized spacial score (nSPS) is 20.1. The molecule has 1 heterocycles. The molecule has 0 bridgehead atoms. The Labute approximate surface area is 455 Å². The van der Waals surface area contributed by atoms with Crippen molar-refractivity contribution in [2.24, 2.45) is 0 Å². The lowest BCUT2D eigenvalue weighted by molar-refractivity contribution is -0.305. The van der Waals surface area contributed by atoms with Crippen LogP contribution in [0, 0.1) is 0 Å². The predicted molar refractivity (Wildman–Crippen MR) is 310 cm³/mol. The topological polar surface area (TPSA) is 175 Å². The molecule has 1 rings (SSSR count). The molecule has 6 N–H and O–H groups in total. The summed E-state index contributed by atoms with van der Waals surface area (Å²) in [5.41, 5.74) is 0. The molecule has 426 valence electrons. The average molecular weight is 1050 g/mol. The Morgan fingerprint density at radius 3 is 1.59 bits per heavy atom. The molecule has 0 aromatic heterocycles. The molecule has 1 saturated heterocycles. The molecule has 0 saturated carbocycles. The van der Waals surface area contributed by atoms with Crippen LogP contribution in [0.25, 0.3) is 0 Å². The first-order chi connectivity index (χ1) is 36.7. The summed E-state index contributed by atoms with van der Waals surface area (Å²) in [6.07, 6.45) is 59.4. The lowest BCUT2D eigenvalue weighted by atomic mass is 9.99. The first-order valence-corrected chi connectivity index (χ1v) is 29.4. The maximum Gasteiger partial charge on any atom is 0.306 e. The molecule has 1 aliphatic rings. The Hall–Kier alpha value is -3.94. The van der Waals surface area contributed by atoms with Gasteiger partial charge in [0.05, 0.1) is 25.4 Å². The molecule has 8 unspecified atom stereocenters. The molecule has 11 heteroatoms. The van der Waals surface area contributed by atoms with E-state index in [0.717, 1.165) is 96.3 Å². The number of amides is 1. The fourth-order valence-corrected chi connectivity index (χ4v) is 8.33. The maximum absolute atomic E-state index is 13.4. The molecule has 8 atom stereocenters. The minimum absolute atomic E-state index is 0.0633. The van der Waals surface area contributed by atoms with Crippen LogP contribution in [0.2, 0.25) is 0 Å². The fraction of sp³-hybridized carbons (Fsp3) is 0.656. The summed E-state index contributed by atoms with van der Waals surface area (Å²) in [7, 11) is 0. The molecule has 0 spiro atoms. The molecule has 0 aromatic carbocycles. The number of hydrogen-bond donors (Lipinski definition) is 6. The van der Waals surface area contributed by atoms with E-state index in [9.17, 15) is 35.1 Å². The lowest BCUT2D eigenvalue weighted by Crippen LogP contribution is -2.61. The summed E-state index contributed by atoms with van der Waals surface area (Å²) >= 11 is 0. The van der Waals surface area contributed by atoms with Crippen molar-refractivity contribution in [3.8, 4) is 0 Å². The van der Waals surface area contributed by atoms with Crippen LogP contribution in [-0.4, -0.2) is 99.6 Å². The fourth-order valence-electron chi connectivity index (χ4n) is 8.33. The maximum atomic E-state index is 13.4. The summed E-state index contributed by atoms with van der Waals surface area (Å²) in [6.45, 7) is 5.55. The summed E-state index contributed by atoms with van der Waals surface area (Å²) < 4.78 is 17.5. The van der Waals surface area contributed by atoms with Gasteiger partial charge in [-0.3, -0.25) is 9.59 Å². The second-order valence-electron chi connectivity index (χ2n) is 19.8. The molecular formula is C64H105NO10. The van der Waals surface area contributed by atoms with Crippen LogP contribution < -0.4 is 5.32 Å². The number of aliphatic hydroxyl groups excluding tert-OH is 5. The summed E-state index contributed by atoms with van der Waals surface area (Å²) in [6, 6.07) is -1.05. The van der Waals surface area contributed by atoms with Crippen LogP contribution >= 0.6 is 0 Å². The van der Waals surface area contributed by atoms with E-state index in [-0.39, 0.29) is 19.4 Å². The zero-order chi connectivity index (χ0) is 54.7. The van der Waals surface area contributed by atoms with Gasteiger partial charge in [-0.05, 0) is 83.5 Å². The number of esters is 1. The molecular weight excluding hydrogens is 943 g/mol. The van der Waals surface area contributed by atoms with Gasteiger partial charge in [0.2, 0.25) is 5.91 Å². The van der Waals surface area contributed by atoms with Crippen molar-refractivity contribution in [3.05, 3.63) is 122 Å². The van der Waals surface area contributed by atoms with Crippen LogP contribution in [0.4, 0.5) is 0 Å². The molecule has 11 nitrogen and oxygen atoms in total. The third-order valence-corrected chi connectivity index (χ3v) is 13.0. The lowest BCUT2D eigenvalue weighted by Gasteiger charge is -2.41. The molecule has 1 amide bonds. The highest BCUT2D eigenvalue weighted by atomic mass is 16.7. The van der Waals surface area contributed by atoms with Gasteiger partial charge in [-0.2, -0.15) is 0 Å². The number of allylic oxidation sites excluding steroid dienone is 19. The monoisotopic (exact) mass is 1050 g/mol. The van der Waals surface area contributed by atoms with Crippen LogP contribution in [0.15, 0.2) is 122 Å². The second-order valence-corrected chi connectivity index (χ2v) is 19.8. The first-order valence-electron chi connectivity index (χ1n) is 29.4. The molecule has 0 radical (unpaired) electrons. The highest BCUT2D eigenvalue weighted by Gasteiger charge is 2.47. The number of ether oxygens (including phenoxy) is 3. The molecule has 1 fully saturated rings. The van der Waals surface area contributed by atoms with E-state index in [2.05, 4.69) is 74.7 Å². The minimum atomic E-state index is -1.64. The molecule has 0 aliphatic carbocycles. The smallest absolute Gasteiger partial charge is 0.306 e. The van der Waals surface area contributed by atoms with Crippen molar-refractivity contribution in [3.63, 3.8) is 0 Å². The van der Waals surface area contributed by atoms with Crippen LogP contribution in [-0.2, 0) is 23.8 Å². The summed E-state index contributed by atoms with van der Waals surface area (Å²) in [5, 5.41) is 56.8. The van der Waals surface area contributed by atoms with Gasteiger partial charge in [-0.15, -0.1) is 0 Å². The van der Waals surface area contributed by atoms with E-state index in [1.807, 2.05) is 66.8 Å². The largest absolute Gasteiger partial charge is 0.454 e. The van der Waals surface area contributed by atoms with E-state index < -0.39 is 67.4 Å². The summed E-state index contributed by atoms with van der Waals surface area (Å²) in [4.78, 5) is 26.5. The number of nitrogens with one attached hydrogen (secondary N) is 1. The van der Waals surface area contributed by atoms with Crippen LogP contribution in [0.3, 0.4) is 0 Å². The van der Waals surface area contributed by atoms with Gasteiger partial charge in [-0.25, -0.2) is 0 Å². The molecule has 0 aromatic rings. The van der Waals surface area contributed by atoms with Gasteiger partial charge in [0.1, 0.15) is 24.4 Å². The van der Waals surface area contributed by atoms with Crippen molar-refractivity contribution >= 4 is 11.9 Å². The molecule has 75 heavy (non-hydrogen) atoms. The number of unbranched alkanes of at least 4 members (excludes halogenated alkanes) is 20. The van der Waals surface area contributed by atoms with Gasteiger partial charge < -0.3 is 45.1 Å². The SMILES string of the molecule is CC\C=C/C=C/C=C/C=C\C=C\C=C\CCCCCC(=O)OC1C(OCC(NC(=O)C(O)CCCCCCC/C=C\C/C=C\C/C=C\CCCCC)C(O)/C=C/CCCCCCCCCCC)OC(CO)C(O)C1O. The van der Waals surface area contributed by atoms with Crippen molar-refractivity contribution in [2.45, 2.75) is 256 Å². The Morgan fingerprint density at radius 2 is 1.01 bits per heavy atom. The number of hydrogen-bond acceptors (Lipinski definition) is 10. The average Bonchev–Trinajstić information content (AvgIpc) is 3.41. The van der Waals surface area contributed by atoms with Crippen molar-refractivity contribution in [1.82, 2.24) is 5.32 Å². The van der Waals surface area contributed by atoms with Gasteiger partial charge in [0, 0.05) is 6.42 Å². The predicted octanol–water partition coefficient (Wildman–Crippen LogP) is 13.5. The third-order valence-electron chi connectivity index (χ3n) is 13.0. The minimum Gasteiger partial charge on any atom is -0.454 e. The van der Waals surface area contributed by atoms with E-state index in [4.69, 9.17) is 14.2 Å². The van der Waals surface area contributed by atoms with Gasteiger partial charge in [0.25, 0.3) is 0 Å². The van der Waals surface area contributed by atoms with Crippen molar-refractivity contribution < 1.29 is 49.3 Å². The summed E-state index contributed by atoms with van der Waals surface area (Å²) in [5.74, 6) is -1.27. The number of aliphatic hydroxyl groups is 5. The van der Waals surface area contributed by atoms with Gasteiger partial charge in [0.15, 0.2) is 12.4 Å². The second kappa shape index (κ2) is 50.9. The molecule has 1 aliphatic heterocycles. The quantitative estimate of drug-likeness (QED) is 0.0149. The van der Waals surface area contributed by atoms with Gasteiger partial charge >= 0.3 is 5.97 Å². The van der Waals surface area contributed by atoms with Gasteiger partial charge in [-0.1, -0.05) is 239 Å². The van der Waals surface area contributed by atoms with E-state index in [1.54, 1.807) is 6.08 Å². The van der Waals surface area contributed by atoms with Crippen LogP contribution in [0.5, 0.6) is 0 Å². The number of carbonyl (C=O) groups excluding carboxylic acids is 2. The van der Waals surface area contributed by atoms with E-state index >= 15 is 0 Å². The van der Waals surface area contributed by atoms with Crippen molar-refractivity contribution in [1.29, 1.82) is 0 Å². The Balaban J connectivity index is 2.76. The van der Waals surface area contributed by atoms with Crippen molar-refractivity contribution in [2.75, 3.05) is 13.2 Å².